The summed E-state index contributed by atoms with van der Waals surface area (Å²) in [4.78, 5) is 2.64. The van der Waals surface area contributed by atoms with Gasteiger partial charge in [-0.25, -0.2) is 0 Å². The molecule has 2 aliphatic carbocycles. The lowest BCUT2D eigenvalue weighted by Gasteiger charge is -2.39. The molecule has 0 amide bonds. The second-order valence-corrected chi connectivity index (χ2v) is 7.43. The lowest BCUT2D eigenvalue weighted by Crippen LogP contribution is -2.37. The van der Waals surface area contributed by atoms with Crippen LogP contribution in [0.15, 0.2) is 11.8 Å². The van der Waals surface area contributed by atoms with Crippen LogP contribution < -0.4 is 0 Å². The van der Waals surface area contributed by atoms with Gasteiger partial charge in [-0.3, -0.25) is 0 Å². The molecule has 1 saturated heterocycles. The van der Waals surface area contributed by atoms with Crippen molar-refractivity contribution in [3.8, 4) is 0 Å². The topological polar surface area (TPSA) is 12.5 Å². The fraction of sp³-hybridized carbons (Fsp3) is 0.895. The van der Waals surface area contributed by atoms with Crippen LogP contribution in [0.3, 0.4) is 0 Å². The molecule has 0 unspecified atom stereocenters. The van der Waals surface area contributed by atoms with Crippen molar-refractivity contribution in [1.29, 1.82) is 0 Å². The van der Waals surface area contributed by atoms with E-state index in [0.29, 0.717) is 5.41 Å². The van der Waals surface area contributed by atoms with Crippen molar-refractivity contribution >= 4 is 0 Å². The molecule has 21 heavy (non-hydrogen) atoms. The van der Waals surface area contributed by atoms with E-state index >= 15 is 0 Å². The highest BCUT2D eigenvalue weighted by molar-refractivity contribution is 5.11. The Balaban J connectivity index is 1.79. The lowest BCUT2D eigenvalue weighted by atomic mass is 9.70. The summed E-state index contributed by atoms with van der Waals surface area (Å²) in [6, 6.07) is 0. The van der Waals surface area contributed by atoms with E-state index in [4.69, 9.17) is 4.74 Å². The summed E-state index contributed by atoms with van der Waals surface area (Å²) in [5, 5.41) is 0. The van der Waals surface area contributed by atoms with Gasteiger partial charge in [0.1, 0.15) is 0 Å². The van der Waals surface area contributed by atoms with E-state index in [2.05, 4.69) is 11.0 Å². The molecule has 0 aromatic carbocycles. The molecule has 0 radical (unpaired) electrons. The molecule has 3 rings (SSSR count). The maximum atomic E-state index is 5.56. The van der Waals surface area contributed by atoms with Crippen LogP contribution in [0.1, 0.15) is 77.0 Å². The number of allylic oxidation sites excluding steroid dienone is 2. The molecule has 0 N–H and O–H groups in total. The van der Waals surface area contributed by atoms with E-state index < -0.39 is 0 Å². The van der Waals surface area contributed by atoms with Crippen LogP contribution in [0.5, 0.6) is 0 Å². The van der Waals surface area contributed by atoms with E-state index in [9.17, 15) is 0 Å². The molecule has 2 nitrogen and oxygen atoms in total. The van der Waals surface area contributed by atoms with Crippen molar-refractivity contribution in [1.82, 2.24) is 4.90 Å². The van der Waals surface area contributed by atoms with Crippen LogP contribution in [0, 0.1) is 5.41 Å². The fourth-order valence-corrected chi connectivity index (χ4v) is 4.56. The highest BCUT2D eigenvalue weighted by Gasteiger charge is 2.31. The van der Waals surface area contributed by atoms with Gasteiger partial charge in [0.15, 0.2) is 0 Å². The average molecular weight is 291 g/mol. The summed E-state index contributed by atoms with van der Waals surface area (Å²) in [6.07, 6.45) is 19.9. The summed E-state index contributed by atoms with van der Waals surface area (Å²) in [7, 11) is 0. The zero-order chi connectivity index (χ0) is 14.4. The highest BCUT2D eigenvalue weighted by Crippen LogP contribution is 2.44. The molecule has 0 aromatic rings. The van der Waals surface area contributed by atoms with Crippen LogP contribution >= 0.6 is 0 Å². The highest BCUT2D eigenvalue weighted by atomic mass is 16.5. The smallest absolute Gasteiger partial charge is 0.0642 e. The normalized spacial score (nSPS) is 28.2. The van der Waals surface area contributed by atoms with E-state index in [-0.39, 0.29) is 0 Å². The van der Waals surface area contributed by atoms with Crippen molar-refractivity contribution in [2.45, 2.75) is 77.0 Å². The Kier molecular flexibility index (Phi) is 5.62. The minimum atomic E-state index is 0.545. The Hall–Kier alpha value is -0.500. The van der Waals surface area contributed by atoms with Gasteiger partial charge in [0, 0.05) is 18.8 Å². The van der Waals surface area contributed by atoms with Crippen LogP contribution in [-0.4, -0.2) is 31.2 Å². The standard InChI is InChI=1S/C19H33NO/c1-2-5-9-18(20-13-15-21-16-14-20)17-19(10-6-3-1)11-7-4-8-12-19/h17H,1-16H2. The predicted molar refractivity (Wildman–Crippen MR) is 88.3 cm³/mol. The second-order valence-electron chi connectivity index (χ2n) is 7.43. The van der Waals surface area contributed by atoms with E-state index in [1.54, 1.807) is 5.70 Å². The lowest BCUT2D eigenvalue weighted by molar-refractivity contribution is 0.0505. The summed E-state index contributed by atoms with van der Waals surface area (Å²) >= 11 is 0. The molecule has 120 valence electrons. The number of nitrogens with zero attached hydrogens (tertiary/aromatic N) is 1. The summed E-state index contributed by atoms with van der Waals surface area (Å²) in [5.74, 6) is 0. The van der Waals surface area contributed by atoms with E-state index in [1.807, 2.05) is 0 Å². The number of rotatable bonds is 1. The zero-order valence-corrected chi connectivity index (χ0v) is 13.7. The van der Waals surface area contributed by atoms with Crippen molar-refractivity contribution in [2.75, 3.05) is 26.3 Å². The Morgan fingerprint density at radius 3 is 2.05 bits per heavy atom. The van der Waals surface area contributed by atoms with E-state index in [0.717, 1.165) is 26.3 Å². The first-order valence-electron chi connectivity index (χ1n) is 9.42. The second kappa shape index (κ2) is 7.67. The first-order valence-corrected chi connectivity index (χ1v) is 9.42. The Morgan fingerprint density at radius 1 is 0.762 bits per heavy atom. The summed E-state index contributed by atoms with van der Waals surface area (Å²) in [6.45, 7) is 4.07. The Bertz CT molecular complexity index is 337. The summed E-state index contributed by atoms with van der Waals surface area (Å²) < 4.78 is 5.56. The largest absolute Gasteiger partial charge is 0.378 e. The molecule has 1 spiro atoms. The number of morpholine rings is 1. The van der Waals surface area contributed by atoms with Gasteiger partial charge in [-0.1, -0.05) is 51.0 Å². The third-order valence-electron chi connectivity index (χ3n) is 5.85. The van der Waals surface area contributed by atoms with Crippen molar-refractivity contribution < 1.29 is 4.74 Å². The molecule has 0 bridgehead atoms. The van der Waals surface area contributed by atoms with Crippen molar-refractivity contribution in [3.05, 3.63) is 11.8 Å². The maximum Gasteiger partial charge on any atom is 0.0642 e. The Labute approximate surface area is 130 Å². The van der Waals surface area contributed by atoms with Gasteiger partial charge in [0.2, 0.25) is 0 Å². The van der Waals surface area contributed by atoms with Crippen molar-refractivity contribution in [3.63, 3.8) is 0 Å². The first kappa shape index (κ1) is 15.4. The molecule has 0 atom stereocenters. The minimum Gasteiger partial charge on any atom is -0.378 e. The molecule has 2 fully saturated rings. The van der Waals surface area contributed by atoms with Crippen molar-refractivity contribution in [2.24, 2.45) is 5.41 Å². The SMILES string of the molecule is C1=C(N2CCOCC2)CCCCCCCC12CCCCC2. The van der Waals surface area contributed by atoms with Gasteiger partial charge >= 0.3 is 0 Å². The Morgan fingerprint density at radius 2 is 1.33 bits per heavy atom. The molecule has 3 aliphatic rings. The number of hydrogen-bond acceptors (Lipinski definition) is 2. The number of ether oxygens (including phenoxy) is 1. The van der Waals surface area contributed by atoms with Gasteiger partial charge < -0.3 is 9.64 Å². The monoisotopic (exact) mass is 291 g/mol. The zero-order valence-electron chi connectivity index (χ0n) is 13.7. The third kappa shape index (κ3) is 4.25. The molecule has 1 aliphatic heterocycles. The van der Waals surface area contributed by atoms with E-state index in [1.165, 1.54) is 77.0 Å². The molecule has 2 heteroatoms. The predicted octanol–water partition coefficient (Wildman–Crippen LogP) is 4.90. The van der Waals surface area contributed by atoms with Crippen LogP contribution in [0.2, 0.25) is 0 Å². The molecular formula is C19H33NO. The first-order chi connectivity index (χ1) is 10.4. The average Bonchev–Trinajstić information content (AvgIpc) is 2.55. The van der Waals surface area contributed by atoms with Gasteiger partial charge in [-0.2, -0.15) is 0 Å². The van der Waals surface area contributed by atoms with Gasteiger partial charge in [-0.15, -0.1) is 0 Å². The van der Waals surface area contributed by atoms with Crippen LogP contribution in [0.25, 0.3) is 0 Å². The van der Waals surface area contributed by atoms with Gasteiger partial charge in [0.25, 0.3) is 0 Å². The number of hydrogen-bond donors (Lipinski definition) is 0. The summed E-state index contributed by atoms with van der Waals surface area (Å²) in [5.41, 5.74) is 2.21. The fourth-order valence-electron chi connectivity index (χ4n) is 4.56. The maximum absolute atomic E-state index is 5.56. The molecule has 1 heterocycles. The van der Waals surface area contributed by atoms with Gasteiger partial charge in [0.05, 0.1) is 13.2 Å². The van der Waals surface area contributed by atoms with Gasteiger partial charge in [-0.05, 0) is 37.5 Å². The molecule has 1 saturated carbocycles. The van der Waals surface area contributed by atoms with Crippen LogP contribution in [0.4, 0.5) is 0 Å². The molecular weight excluding hydrogens is 258 g/mol. The minimum absolute atomic E-state index is 0.545. The quantitative estimate of drug-likeness (QED) is 0.681. The molecule has 0 aromatic heterocycles. The third-order valence-corrected chi connectivity index (χ3v) is 5.85. The van der Waals surface area contributed by atoms with Crippen LogP contribution in [-0.2, 0) is 4.74 Å².